The number of methoxy groups -OCH3 is 1. The predicted octanol–water partition coefficient (Wildman–Crippen LogP) is 3.23. The van der Waals surface area contributed by atoms with E-state index < -0.39 is 0 Å². The van der Waals surface area contributed by atoms with Crippen LogP contribution in [0.1, 0.15) is 38.0 Å². The van der Waals surface area contributed by atoms with Crippen LogP contribution in [-0.2, 0) is 0 Å². The van der Waals surface area contributed by atoms with Gasteiger partial charge in [-0.25, -0.2) is 0 Å². The maximum atomic E-state index is 9.10. The minimum absolute atomic E-state index is 0.392. The Hall–Kier alpha value is -1.41. The van der Waals surface area contributed by atoms with E-state index in [9.17, 15) is 0 Å². The molecule has 0 atom stereocenters. The summed E-state index contributed by atoms with van der Waals surface area (Å²) in [5.41, 5.74) is 6.83. The molecule has 1 aromatic rings. The summed E-state index contributed by atoms with van der Waals surface area (Å²) < 4.78 is 5.40. The monoisotopic (exact) mass is 279 g/mol. The van der Waals surface area contributed by atoms with Crippen molar-refractivity contribution in [2.45, 2.75) is 33.1 Å². The number of thiophene rings is 1. The van der Waals surface area contributed by atoms with E-state index in [1.54, 1.807) is 7.11 Å². The zero-order valence-corrected chi connectivity index (χ0v) is 12.6. The molecule has 0 aliphatic carbocycles. The molecule has 5 heteroatoms. The standard InChI is InChI=1S/C14H21N3OS/c1-14(2)5-4-7-17(8-6-14)13-12(18-3)11(16)10(9-15)19-13/h4-8,16H2,1-3H3. The number of rotatable bonds is 2. The highest BCUT2D eigenvalue weighted by molar-refractivity contribution is 7.17. The van der Waals surface area contributed by atoms with Crippen LogP contribution in [0.5, 0.6) is 5.75 Å². The molecule has 1 fully saturated rings. The molecule has 0 bridgehead atoms. The molecule has 4 nitrogen and oxygen atoms in total. The lowest BCUT2D eigenvalue weighted by Gasteiger charge is -2.24. The first-order chi connectivity index (χ1) is 8.98. The molecule has 0 aromatic carbocycles. The van der Waals surface area contributed by atoms with Crippen molar-refractivity contribution in [1.29, 1.82) is 5.26 Å². The van der Waals surface area contributed by atoms with Gasteiger partial charge in [-0.15, -0.1) is 11.3 Å². The molecule has 0 unspecified atom stereocenters. The van der Waals surface area contributed by atoms with Crippen LogP contribution in [0.2, 0.25) is 0 Å². The van der Waals surface area contributed by atoms with Gasteiger partial charge in [-0.05, 0) is 24.7 Å². The van der Waals surface area contributed by atoms with Crippen LogP contribution in [0.15, 0.2) is 0 Å². The van der Waals surface area contributed by atoms with Crippen LogP contribution >= 0.6 is 11.3 Å². The predicted molar refractivity (Wildman–Crippen MR) is 79.8 cm³/mol. The van der Waals surface area contributed by atoms with Gasteiger partial charge in [0.1, 0.15) is 21.6 Å². The molecule has 1 aliphatic rings. The fraction of sp³-hybridized carbons (Fsp3) is 0.643. The summed E-state index contributed by atoms with van der Waals surface area (Å²) in [5.74, 6) is 0.668. The minimum Gasteiger partial charge on any atom is -0.492 e. The Labute approximate surface area is 118 Å². The molecule has 1 aromatic heterocycles. The number of anilines is 2. The van der Waals surface area contributed by atoms with Gasteiger partial charge in [0.25, 0.3) is 0 Å². The third kappa shape index (κ3) is 2.79. The van der Waals surface area contributed by atoms with Crippen molar-refractivity contribution in [2.75, 3.05) is 30.8 Å². The van der Waals surface area contributed by atoms with Gasteiger partial charge in [-0.2, -0.15) is 5.26 Å². The Kier molecular flexibility index (Phi) is 3.91. The molecule has 1 aliphatic heterocycles. The number of nitrogens with two attached hydrogens (primary N) is 1. The number of nitrogen functional groups attached to an aromatic ring is 1. The maximum absolute atomic E-state index is 9.10. The molecule has 1 saturated heterocycles. The number of ether oxygens (including phenoxy) is 1. The Balaban J connectivity index is 2.29. The largest absolute Gasteiger partial charge is 0.492 e. The molecule has 0 radical (unpaired) electrons. The second kappa shape index (κ2) is 5.30. The van der Waals surface area contributed by atoms with Crippen LogP contribution in [-0.4, -0.2) is 20.2 Å². The average Bonchev–Trinajstić information content (AvgIpc) is 2.57. The quantitative estimate of drug-likeness (QED) is 0.903. The first-order valence-corrected chi connectivity index (χ1v) is 7.41. The van der Waals surface area contributed by atoms with Gasteiger partial charge in [0.05, 0.1) is 7.11 Å². The van der Waals surface area contributed by atoms with Crippen molar-refractivity contribution in [3.05, 3.63) is 4.88 Å². The summed E-state index contributed by atoms with van der Waals surface area (Å²) >= 11 is 1.44. The lowest BCUT2D eigenvalue weighted by Crippen LogP contribution is -2.24. The average molecular weight is 279 g/mol. The van der Waals surface area contributed by atoms with E-state index in [1.165, 1.54) is 17.8 Å². The molecular formula is C14H21N3OS. The minimum atomic E-state index is 0.392. The van der Waals surface area contributed by atoms with Crippen molar-refractivity contribution >= 4 is 22.0 Å². The van der Waals surface area contributed by atoms with Gasteiger partial charge >= 0.3 is 0 Å². The fourth-order valence-electron chi connectivity index (χ4n) is 2.53. The zero-order chi connectivity index (χ0) is 14.0. The second-order valence-electron chi connectivity index (χ2n) is 5.80. The van der Waals surface area contributed by atoms with Gasteiger partial charge < -0.3 is 15.4 Å². The van der Waals surface area contributed by atoms with Crippen molar-refractivity contribution in [1.82, 2.24) is 0 Å². The number of hydrogen-bond donors (Lipinski definition) is 1. The van der Waals surface area contributed by atoms with Gasteiger partial charge in [0.15, 0.2) is 5.75 Å². The van der Waals surface area contributed by atoms with Crippen LogP contribution < -0.4 is 15.4 Å². The maximum Gasteiger partial charge on any atom is 0.177 e. The van der Waals surface area contributed by atoms with E-state index in [2.05, 4.69) is 24.8 Å². The van der Waals surface area contributed by atoms with Crippen molar-refractivity contribution in [3.63, 3.8) is 0 Å². The highest BCUT2D eigenvalue weighted by Crippen LogP contribution is 2.45. The Morgan fingerprint density at radius 1 is 1.37 bits per heavy atom. The first kappa shape index (κ1) is 14.0. The molecule has 0 spiro atoms. The van der Waals surface area contributed by atoms with E-state index in [-0.39, 0.29) is 0 Å². The fourth-order valence-corrected chi connectivity index (χ4v) is 3.57. The molecule has 2 N–H and O–H groups in total. The second-order valence-corrected chi connectivity index (χ2v) is 6.80. The SMILES string of the molecule is COc1c(N2CCCC(C)(C)CC2)sc(C#N)c1N. The van der Waals surface area contributed by atoms with E-state index in [0.29, 0.717) is 21.7 Å². The van der Waals surface area contributed by atoms with Crippen LogP contribution in [0.4, 0.5) is 10.7 Å². The van der Waals surface area contributed by atoms with Crippen LogP contribution in [0, 0.1) is 16.7 Å². The summed E-state index contributed by atoms with van der Waals surface area (Å²) in [4.78, 5) is 2.87. The number of hydrogen-bond acceptors (Lipinski definition) is 5. The number of nitrogens with zero attached hydrogens (tertiary/aromatic N) is 2. The summed E-state index contributed by atoms with van der Waals surface area (Å²) in [5, 5.41) is 10.1. The normalized spacial score (nSPS) is 18.7. The van der Waals surface area contributed by atoms with Crippen molar-refractivity contribution in [3.8, 4) is 11.8 Å². The Morgan fingerprint density at radius 2 is 2.11 bits per heavy atom. The van der Waals surface area contributed by atoms with E-state index >= 15 is 0 Å². The molecule has 0 amide bonds. The smallest absolute Gasteiger partial charge is 0.177 e. The van der Waals surface area contributed by atoms with Crippen molar-refractivity contribution in [2.24, 2.45) is 5.41 Å². The van der Waals surface area contributed by atoms with Crippen LogP contribution in [0.25, 0.3) is 0 Å². The highest BCUT2D eigenvalue weighted by atomic mass is 32.1. The lowest BCUT2D eigenvalue weighted by molar-refractivity contribution is 0.325. The van der Waals surface area contributed by atoms with Gasteiger partial charge in [0.2, 0.25) is 0 Å². The molecule has 19 heavy (non-hydrogen) atoms. The molecule has 0 saturated carbocycles. The molecule has 104 valence electrons. The van der Waals surface area contributed by atoms with Crippen molar-refractivity contribution < 1.29 is 4.74 Å². The van der Waals surface area contributed by atoms with Crippen LogP contribution in [0.3, 0.4) is 0 Å². The van der Waals surface area contributed by atoms with Gasteiger partial charge in [0, 0.05) is 13.1 Å². The summed E-state index contributed by atoms with van der Waals surface area (Å²) in [6.45, 7) is 6.63. The zero-order valence-electron chi connectivity index (χ0n) is 11.8. The Bertz CT molecular complexity index is 502. The van der Waals surface area contributed by atoms with Gasteiger partial charge in [-0.3, -0.25) is 0 Å². The summed E-state index contributed by atoms with van der Waals surface area (Å²) in [6.07, 6.45) is 3.55. The topological polar surface area (TPSA) is 62.3 Å². The third-order valence-electron chi connectivity index (χ3n) is 3.82. The van der Waals surface area contributed by atoms with E-state index in [0.717, 1.165) is 30.9 Å². The third-order valence-corrected chi connectivity index (χ3v) is 4.97. The van der Waals surface area contributed by atoms with Gasteiger partial charge in [-0.1, -0.05) is 13.8 Å². The lowest BCUT2D eigenvalue weighted by atomic mass is 9.85. The molecular weight excluding hydrogens is 258 g/mol. The summed E-state index contributed by atoms with van der Waals surface area (Å²) in [7, 11) is 1.62. The molecule has 2 rings (SSSR count). The Morgan fingerprint density at radius 3 is 2.74 bits per heavy atom. The highest BCUT2D eigenvalue weighted by Gasteiger charge is 2.27. The van der Waals surface area contributed by atoms with E-state index in [1.807, 2.05) is 0 Å². The first-order valence-electron chi connectivity index (χ1n) is 6.60. The molecule has 2 heterocycles. The van der Waals surface area contributed by atoms with E-state index in [4.69, 9.17) is 15.7 Å². The number of nitriles is 1. The summed E-state index contributed by atoms with van der Waals surface area (Å²) in [6, 6.07) is 2.15.